The van der Waals surface area contributed by atoms with Gasteiger partial charge in [0, 0.05) is 5.57 Å². The molecule has 0 heterocycles. The molecular weight excluding hydrogens is 160 g/mol. The van der Waals surface area contributed by atoms with Crippen LogP contribution >= 0.6 is 0 Å². The van der Waals surface area contributed by atoms with E-state index in [4.69, 9.17) is 4.74 Å². The molecule has 0 aliphatic rings. The average molecular weight is 174 g/mol. The maximum absolute atomic E-state index is 5.15. The molecule has 68 valence electrons. The molecule has 0 aromatic rings. The van der Waals surface area contributed by atoms with E-state index in [1.807, 2.05) is 0 Å². The van der Waals surface area contributed by atoms with Gasteiger partial charge in [0.2, 0.25) is 0 Å². The van der Waals surface area contributed by atoms with Crippen LogP contribution in [0.25, 0.3) is 0 Å². The molecule has 1 nitrogen and oxygen atoms in total. The number of hydrogen-bond donors (Lipinski definition) is 0. The summed E-state index contributed by atoms with van der Waals surface area (Å²) in [6, 6.07) is 0. The van der Waals surface area contributed by atoms with Gasteiger partial charge in [-0.15, -0.1) is 0 Å². The van der Waals surface area contributed by atoms with Gasteiger partial charge in [-0.05, 0) is 6.08 Å². The number of allylic oxidation sites excluding steroid dienone is 6. The number of ether oxygens (including phenoxy) is 1. The van der Waals surface area contributed by atoms with Crippen LogP contribution in [-0.4, -0.2) is 0 Å². The van der Waals surface area contributed by atoms with Crippen molar-refractivity contribution in [3.8, 4) is 0 Å². The molecule has 0 bridgehead atoms. The van der Waals surface area contributed by atoms with E-state index in [1.165, 1.54) is 6.26 Å². The Labute approximate surface area is 79.7 Å². The summed E-state index contributed by atoms with van der Waals surface area (Å²) < 4.78 is 5.15. The fourth-order valence-corrected chi connectivity index (χ4v) is 0.733. The van der Waals surface area contributed by atoms with Crippen molar-refractivity contribution in [1.29, 1.82) is 0 Å². The predicted molar refractivity (Wildman–Crippen MR) is 58.0 cm³/mol. The van der Waals surface area contributed by atoms with E-state index in [2.05, 4.69) is 26.3 Å². The highest BCUT2D eigenvalue weighted by molar-refractivity contribution is 5.36. The van der Waals surface area contributed by atoms with E-state index in [0.717, 1.165) is 5.57 Å². The lowest BCUT2D eigenvalue weighted by Gasteiger charge is -2.03. The van der Waals surface area contributed by atoms with Gasteiger partial charge in [-0.25, -0.2) is 0 Å². The van der Waals surface area contributed by atoms with E-state index < -0.39 is 0 Å². The lowest BCUT2D eigenvalue weighted by molar-refractivity contribution is 0.367. The molecule has 0 amide bonds. The molecule has 0 saturated heterocycles. The first-order valence-corrected chi connectivity index (χ1v) is 3.86. The van der Waals surface area contributed by atoms with Crippen LogP contribution in [0.15, 0.2) is 74.3 Å². The zero-order valence-corrected chi connectivity index (χ0v) is 7.70. The topological polar surface area (TPSA) is 9.23 Å². The fourth-order valence-electron chi connectivity index (χ4n) is 0.733. The first-order valence-electron chi connectivity index (χ1n) is 3.86. The molecule has 0 radical (unpaired) electrons. The van der Waals surface area contributed by atoms with Crippen molar-refractivity contribution in [1.82, 2.24) is 0 Å². The van der Waals surface area contributed by atoms with Gasteiger partial charge in [0.25, 0.3) is 0 Å². The smallest absolute Gasteiger partial charge is 0.133 e. The van der Waals surface area contributed by atoms with Crippen molar-refractivity contribution in [3.63, 3.8) is 0 Å². The molecule has 0 aromatic heterocycles. The second kappa shape index (κ2) is 6.92. The van der Waals surface area contributed by atoms with Gasteiger partial charge in [0.05, 0.1) is 6.26 Å². The Morgan fingerprint density at radius 3 is 2.00 bits per heavy atom. The minimum Gasteiger partial charge on any atom is -0.465 e. The molecule has 0 aromatic carbocycles. The highest BCUT2D eigenvalue weighted by atomic mass is 16.5. The van der Waals surface area contributed by atoms with Crippen LogP contribution in [0, 0.1) is 0 Å². The summed E-state index contributed by atoms with van der Waals surface area (Å²) in [4.78, 5) is 0. The first kappa shape index (κ1) is 11.2. The van der Waals surface area contributed by atoms with Crippen molar-refractivity contribution >= 4 is 0 Å². The van der Waals surface area contributed by atoms with Gasteiger partial charge in [0.1, 0.15) is 5.76 Å². The van der Waals surface area contributed by atoms with Crippen LogP contribution in [-0.2, 0) is 4.74 Å². The Bertz CT molecular complexity index is 257. The summed E-state index contributed by atoms with van der Waals surface area (Å²) in [5.41, 5.74) is 0.818. The third kappa shape index (κ3) is 3.97. The highest BCUT2D eigenvalue weighted by Crippen LogP contribution is 2.10. The van der Waals surface area contributed by atoms with Crippen LogP contribution in [0.4, 0.5) is 0 Å². The molecule has 0 aliphatic heterocycles. The molecule has 0 aliphatic carbocycles. The minimum absolute atomic E-state index is 0.653. The third-order valence-electron chi connectivity index (χ3n) is 1.32. The lowest BCUT2D eigenvalue weighted by atomic mass is 10.2. The van der Waals surface area contributed by atoms with Crippen molar-refractivity contribution in [3.05, 3.63) is 74.3 Å². The quantitative estimate of drug-likeness (QED) is 0.442. The maximum atomic E-state index is 5.15. The molecule has 1 heteroatoms. The van der Waals surface area contributed by atoms with Crippen LogP contribution in [0.5, 0.6) is 0 Å². The SMILES string of the molecule is C=C/C=C\C(OC=C)=C(C=C)C=C. The Balaban J connectivity index is 4.92. The fraction of sp³-hybridized carbons (Fsp3) is 0. The van der Waals surface area contributed by atoms with Crippen LogP contribution in [0.1, 0.15) is 0 Å². The maximum Gasteiger partial charge on any atom is 0.133 e. The summed E-state index contributed by atoms with van der Waals surface area (Å²) in [6.45, 7) is 14.3. The van der Waals surface area contributed by atoms with Crippen LogP contribution < -0.4 is 0 Å². The molecule has 0 rings (SSSR count). The van der Waals surface area contributed by atoms with E-state index in [-0.39, 0.29) is 0 Å². The van der Waals surface area contributed by atoms with Crippen molar-refractivity contribution in [2.45, 2.75) is 0 Å². The summed E-state index contributed by atoms with van der Waals surface area (Å²) in [5.74, 6) is 0.653. The Morgan fingerprint density at radius 2 is 1.62 bits per heavy atom. The van der Waals surface area contributed by atoms with Gasteiger partial charge in [-0.3, -0.25) is 0 Å². The standard InChI is InChI=1S/C12H14O/c1-5-9-10-12(13-8-4)11(6-2)7-3/h5-10H,1-4H2/b10-9-. The van der Waals surface area contributed by atoms with Gasteiger partial charge < -0.3 is 4.74 Å². The highest BCUT2D eigenvalue weighted by Gasteiger charge is 1.95. The average Bonchev–Trinajstić information content (AvgIpc) is 2.16. The Morgan fingerprint density at radius 1 is 1.00 bits per heavy atom. The summed E-state index contributed by atoms with van der Waals surface area (Å²) in [5, 5.41) is 0. The van der Waals surface area contributed by atoms with E-state index in [9.17, 15) is 0 Å². The summed E-state index contributed by atoms with van der Waals surface area (Å²) >= 11 is 0. The molecule has 0 fully saturated rings. The Hall–Kier alpha value is -1.76. The molecule has 0 spiro atoms. The van der Waals surface area contributed by atoms with Gasteiger partial charge in [-0.2, -0.15) is 0 Å². The van der Waals surface area contributed by atoms with E-state index in [1.54, 1.807) is 30.4 Å². The van der Waals surface area contributed by atoms with Crippen molar-refractivity contribution < 1.29 is 4.74 Å². The normalized spacial score (nSPS) is 8.92. The largest absolute Gasteiger partial charge is 0.465 e. The van der Waals surface area contributed by atoms with Crippen molar-refractivity contribution in [2.75, 3.05) is 0 Å². The van der Waals surface area contributed by atoms with E-state index in [0.29, 0.717) is 5.76 Å². The zero-order valence-electron chi connectivity index (χ0n) is 7.70. The molecule has 0 N–H and O–H groups in total. The molecule has 0 unspecified atom stereocenters. The third-order valence-corrected chi connectivity index (χ3v) is 1.32. The number of hydrogen-bond acceptors (Lipinski definition) is 1. The molecule has 0 atom stereocenters. The summed E-state index contributed by atoms with van der Waals surface area (Å²) in [6.07, 6.45) is 9.89. The zero-order chi connectivity index (χ0) is 10.1. The predicted octanol–water partition coefficient (Wildman–Crippen LogP) is 3.51. The van der Waals surface area contributed by atoms with Crippen LogP contribution in [0.2, 0.25) is 0 Å². The monoisotopic (exact) mass is 174 g/mol. The van der Waals surface area contributed by atoms with E-state index >= 15 is 0 Å². The van der Waals surface area contributed by atoms with Crippen LogP contribution in [0.3, 0.4) is 0 Å². The first-order chi connectivity index (χ1) is 6.29. The van der Waals surface area contributed by atoms with Gasteiger partial charge >= 0.3 is 0 Å². The second-order valence-corrected chi connectivity index (χ2v) is 2.11. The lowest BCUT2D eigenvalue weighted by Crippen LogP contribution is -1.85. The number of rotatable bonds is 6. The second-order valence-electron chi connectivity index (χ2n) is 2.11. The van der Waals surface area contributed by atoms with Gasteiger partial charge in [0.15, 0.2) is 0 Å². The molecule has 13 heavy (non-hydrogen) atoms. The van der Waals surface area contributed by atoms with Gasteiger partial charge in [-0.1, -0.05) is 50.6 Å². The molecule has 0 saturated carbocycles. The van der Waals surface area contributed by atoms with Crippen molar-refractivity contribution in [2.24, 2.45) is 0 Å². The molecular formula is C12H14O. The Kier molecular flexibility index (Phi) is 5.98. The minimum atomic E-state index is 0.653. The summed E-state index contributed by atoms with van der Waals surface area (Å²) in [7, 11) is 0.